The molecule has 0 N–H and O–H groups in total. The first-order chi connectivity index (χ1) is 16.4. The quantitative estimate of drug-likeness (QED) is 0.510. The van der Waals surface area contributed by atoms with Crippen molar-refractivity contribution in [2.75, 3.05) is 34.1 Å². The van der Waals surface area contributed by atoms with Crippen LogP contribution in [0, 0.1) is 0 Å². The maximum Gasteiger partial charge on any atom is 0.416 e. The van der Waals surface area contributed by atoms with Crippen molar-refractivity contribution in [1.82, 2.24) is 14.5 Å². The molecule has 0 unspecified atom stereocenters. The third-order valence-corrected chi connectivity index (χ3v) is 6.41. The van der Waals surface area contributed by atoms with Crippen LogP contribution in [0.15, 0.2) is 30.3 Å². The van der Waals surface area contributed by atoms with E-state index in [9.17, 15) is 13.2 Å². The van der Waals surface area contributed by atoms with Crippen LogP contribution in [0.3, 0.4) is 0 Å². The Kier molecular flexibility index (Phi) is 6.03. The Labute approximate surface area is 195 Å². The number of imidazole rings is 1. The van der Waals surface area contributed by atoms with E-state index < -0.39 is 11.7 Å². The second-order valence-electron chi connectivity index (χ2n) is 8.57. The van der Waals surface area contributed by atoms with Crippen molar-refractivity contribution in [2.45, 2.75) is 38.2 Å². The second-order valence-corrected chi connectivity index (χ2v) is 8.57. The normalized spacial score (nSPS) is 17.0. The van der Waals surface area contributed by atoms with Crippen molar-refractivity contribution in [3.63, 3.8) is 0 Å². The zero-order chi connectivity index (χ0) is 23.9. The zero-order valence-electron chi connectivity index (χ0n) is 19.0. The Morgan fingerprint density at radius 3 is 2.59 bits per heavy atom. The van der Waals surface area contributed by atoms with Gasteiger partial charge in [0.15, 0.2) is 11.5 Å². The van der Waals surface area contributed by atoms with E-state index in [1.807, 2.05) is 12.1 Å². The Morgan fingerprint density at radius 2 is 1.88 bits per heavy atom. The first-order valence-corrected chi connectivity index (χ1v) is 11.1. The molecule has 3 aromatic rings. The van der Waals surface area contributed by atoms with E-state index in [-0.39, 0.29) is 19.4 Å². The van der Waals surface area contributed by atoms with E-state index in [4.69, 9.17) is 18.9 Å². The Bertz CT molecular complexity index is 1190. The molecule has 0 atom stereocenters. The minimum absolute atomic E-state index is 0.134. The molecule has 0 bridgehead atoms. The lowest BCUT2D eigenvalue weighted by molar-refractivity contribution is -0.137. The van der Waals surface area contributed by atoms with Gasteiger partial charge in [-0.15, -0.1) is 0 Å². The molecule has 1 saturated heterocycles. The van der Waals surface area contributed by atoms with Gasteiger partial charge in [-0.05, 0) is 48.7 Å². The van der Waals surface area contributed by atoms with E-state index >= 15 is 0 Å². The topological polar surface area (TPSA) is 58.0 Å². The van der Waals surface area contributed by atoms with Crippen LogP contribution >= 0.6 is 0 Å². The van der Waals surface area contributed by atoms with Crippen molar-refractivity contribution in [3.8, 4) is 17.2 Å². The average molecular weight is 477 g/mol. The highest BCUT2D eigenvalue weighted by Crippen LogP contribution is 2.42. The fraction of sp³-hybridized carbons (Fsp3) is 0.458. The molecule has 2 aliphatic heterocycles. The van der Waals surface area contributed by atoms with Gasteiger partial charge in [0, 0.05) is 32.8 Å². The van der Waals surface area contributed by atoms with E-state index in [0.717, 1.165) is 50.2 Å². The fourth-order valence-electron chi connectivity index (χ4n) is 4.83. The molecule has 0 aliphatic carbocycles. The lowest BCUT2D eigenvalue weighted by Gasteiger charge is -2.33. The van der Waals surface area contributed by atoms with Gasteiger partial charge in [-0.25, -0.2) is 4.98 Å². The summed E-state index contributed by atoms with van der Waals surface area (Å²) < 4.78 is 63.3. The molecular formula is C24H26F3N3O4. The van der Waals surface area contributed by atoms with Gasteiger partial charge in [-0.3, -0.25) is 4.90 Å². The Hall–Kier alpha value is -2.98. The predicted molar refractivity (Wildman–Crippen MR) is 118 cm³/mol. The number of alkyl halides is 3. The first-order valence-electron chi connectivity index (χ1n) is 11.1. The van der Waals surface area contributed by atoms with E-state index in [1.54, 1.807) is 14.2 Å². The SMILES string of the molecule is COCc1nc2cc(C(F)(F)F)ccc2n1C1CCN(Cc2cc(OC)c3c(c2)OCO3)CC1. The predicted octanol–water partition coefficient (Wildman–Crippen LogP) is 4.78. The van der Waals surface area contributed by atoms with Crippen molar-refractivity contribution in [1.29, 1.82) is 0 Å². The summed E-state index contributed by atoms with van der Waals surface area (Å²) in [7, 11) is 3.17. The summed E-state index contributed by atoms with van der Waals surface area (Å²) in [5.41, 5.74) is 1.44. The highest BCUT2D eigenvalue weighted by Gasteiger charge is 2.32. The molecule has 0 amide bonds. The Morgan fingerprint density at radius 1 is 1.09 bits per heavy atom. The largest absolute Gasteiger partial charge is 0.493 e. The molecular weight excluding hydrogens is 451 g/mol. The molecule has 34 heavy (non-hydrogen) atoms. The van der Waals surface area contributed by atoms with Crippen molar-refractivity contribution >= 4 is 11.0 Å². The van der Waals surface area contributed by atoms with Gasteiger partial charge in [0.25, 0.3) is 0 Å². The van der Waals surface area contributed by atoms with Crippen molar-refractivity contribution in [2.24, 2.45) is 0 Å². The summed E-state index contributed by atoms with van der Waals surface area (Å²) in [5, 5.41) is 0. The lowest BCUT2D eigenvalue weighted by atomic mass is 10.0. The number of piperidine rings is 1. The average Bonchev–Trinajstić information content (AvgIpc) is 3.42. The summed E-state index contributed by atoms with van der Waals surface area (Å²) in [6, 6.07) is 7.85. The van der Waals surface area contributed by atoms with Crippen LogP contribution in [0.1, 0.15) is 35.8 Å². The van der Waals surface area contributed by atoms with Gasteiger partial charge in [0.1, 0.15) is 12.4 Å². The smallest absolute Gasteiger partial charge is 0.416 e. The highest BCUT2D eigenvalue weighted by atomic mass is 19.4. The van der Waals surface area contributed by atoms with Crippen LogP contribution in [-0.4, -0.2) is 48.6 Å². The second kappa shape index (κ2) is 8.99. The number of halogens is 3. The molecule has 0 radical (unpaired) electrons. The number of rotatable bonds is 6. The van der Waals surface area contributed by atoms with Gasteiger partial charge in [-0.2, -0.15) is 13.2 Å². The third-order valence-electron chi connectivity index (χ3n) is 6.41. The molecule has 5 rings (SSSR count). The number of fused-ring (bicyclic) bond motifs is 2. The van der Waals surface area contributed by atoms with Gasteiger partial charge in [-0.1, -0.05) is 0 Å². The molecule has 1 fully saturated rings. The first kappa shape index (κ1) is 22.8. The molecule has 1 aromatic heterocycles. The number of likely N-dealkylation sites (tertiary alicyclic amines) is 1. The van der Waals surface area contributed by atoms with Crippen LogP contribution in [0.25, 0.3) is 11.0 Å². The fourth-order valence-corrected chi connectivity index (χ4v) is 4.83. The number of hydrogen-bond donors (Lipinski definition) is 0. The number of hydrogen-bond acceptors (Lipinski definition) is 6. The van der Waals surface area contributed by atoms with E-state index in [0.29, 0.717) is 34.1 Å². The lowest BCUT2D eigenvalue weighted by Crippen LogP contribution is -2.34. The molecule has 0 spiro atoms. The molecule has 7 nitrogen and oxygen atoms in total. The van der Waals surface area contributed by atoms with Gasteiger partial charge < -0.3 is 23.5 Å². The molecule has 2 aromatic carbocycles. The standard InChI is InChI=1S/C24H26F3N3O4/c1-31-13-22-28-18-11-16(24(25,26)27)3-4-19(18)30(22)17-5-7-29(8-6-17)12-15-9-20(32-2)23-21(10-15)33-14-34-23/h3-4,9-11,17H,5-8,12-14H2,1-2H3. The summed E-state index contributed by atoms with van der Waals surface area (Å²) >= 11 is 0. The maximum atomic E-state index is 13.2. The Balaban J connectivity index is 1.33. The van der Waals surface area contributed by atoms with Crippen LogP contribution in [0.5, 0.6) is 17.2 Å². The summed E-state index contributed by atoms with van der Waals surface area (Å²) in [6.45, 7) is 2.85. The van der Waals surface area contributed by atoms with Gasteiger partial charge >= 0.3 is 6.18 Å². The molecule has 2 aliphatic rings. The monoisotopic (exact) mass is 477 g/mol. The van der Waals surface area contributed by atoms with Crippen LogP contribution < -0.4 is 14.2 Å². The van der Waals surface area contributed by atoms with Gasteiger partial charge in [0.05, 0.1) is 23.7 Å². The molecule has 0 saturated carbocycles. The van der Waals surface area contributed by atoms with Gasteiger partial charge in [0.2, 0.25) is 12.5 Å². The number of benzene rings is 2. The zero-order valence-corrected chi connectivity index (χ0v) is 19.0. The molecule has 3 heterocycles. The molecule has 10 heteroatoms. The highest BCUT2D eigenvalue weighted by molar-refractivity contribution is 5.77. The van der Waals surface area contributed by atoms with Crippen LogP contribution in [-0.2, 0) is 24.1 Å². The van der Waals surface area contributed by atoms with Crippen LogP contribution in [0.4, 0.5) is 13.2 Å². The number of ether oxygens (including phenoxy) is 4. The maximum absolute atomic E-state index is 13.2. The minimum atomic E-state index is -4.40. The minimum Gasteiger partial charge on any atom is -0.493 e. The molecule has 182 valence electrons. The van der Waals surface area contributed by atoms with E-state index in [1.165, 1.54) is 6.07 Å². The van der Waals surface area contributed by atoms with Crippen LogP contribution in [0.2, 0.25) is 0 Å². The van der Waals surface area contributed by atoms with E-state index in [2.05, 4.69) is 14.5 Å². The summed E-state index contributed by atoms with van der Waals surface area (Å²) in [6.07, 6.45) is -2.70. The number of methoxy groups -OCH3 is 2. The third kappa shape index (κ3) is 4.27. The number of aromatic nitrogens is 2. The summed E-state index contributed by atoms with van der Waals surface area (Å²) in [5.74, 6) is 2.64. The van der Waals surface area contributed by atoms with Crippen molar-refractivity contribution < 1.29 is 32.1 Å². The number of nitrogens with zero attached hydrogens (tertiary/aromatic N) is 3. The summed E-state index contributed by atoms with van der Waals surface area (Å²) in [4.78, 5) is 6.83. The van der Waals surface area contributed by atoms with Crippen molar-refractivity contribution in [3.05, 3.63) is 47.3 Å².